The van der Waals surface area contributed by atoms with Gasteiger partial charge in [0.05, 0.1) is 18.0 Å². The number of pyridine rings is 1. The van der Waals surface area contributed by atoms with E-state index in [0.29, 0.717) is 25.5 Å². The Morgan fingerprint density at radius 1 is 1.21 bits per heavy atom. The van der Waals surface area contributed by atoms with E-state index in [1.165, 1.54) is 6.42 Å². The van der Waals surface area contributed by atoms with Crippen LogP contribution in [-0.2, 0) is 6.54 Å². The average molecular weight is 264 g/mol. The van der Waals surface area contributed by atoms with E-state index < -0.39 is 0 Å². The molecule has 2 N–H and O–H groups in total. The minimum Gasteiger partial charge on any atom is -0.486 e. The molecule has 0 radical (unpaired) electrons. The van der Waals surface area contributed by atoms with Crippen LogP contribution in [0.25, 0.3) is 0 Å². The lowest BCUT2D eigenvalue weighted by atomic mass is 9.92. The predicted octanol–water partition coefficient (Wildman–Crippen LogP) is 1.25. The van der Waals surface area contributed by atoms with Crippen LogP contribution in [0, 0.1) is 0 Å². The van der Waals surface area contributed by atoms with Gasteiger partial charge < -0.3 is 19.9 Å². The maximum absolute atomic E-state index is 9.91. The van der Waals surface area contributed by atoms with E-state index in [1.54, 1.807) is 6.20 Å². The van der Waals surface area contributed by atoms with E-state index in [0.717, 1.165) is 30.7 Å². The van der Waals surface area contributed by atoms with E-state index in [1.807, 2.05) is 6.07 Å². The molecule has 1 saturated carbocycles. The summed E-state index contributed by atoms with van der Waals surface area (Å²) in [6.45, 7) is 1.82. The van der Waals surface area contributed by atoms with Crippen LogP contribution in [0.2, 0.25) is 0 Å². The summed E-state index contributed by atoms with van der Waals surface area (Å²) in [5.74, 6) is 1.48. The molecule has 1 aromatic rings. The van der Waals surface area contributed by atoms with E-state index >= 15 is 0 Å². The highest BCUT2D eigenvalue weighted by Crippen LogP contribution is 2.29. The van der Waals surface area contributed by atoms with Crippen molar-refractivity contribution in [2.45, 2.75) is 44.4 Å². The Morgan fingerprint density at radius 2 is 2.00 bits per heavy atom. The number of rotatable bonds is 3. The van der Waals surface area contributed by atoms with Crippen LogP contribution in [0.1, 0.15) is 31.4 Å². The van der Waals surface area contributed by atoms with Crippen molar-refractivity contribution >= 4 is 0 Å². The highest BCUT2D eigenvalue weighted by atomic mass is 16.6. The van der Waals surface area contributed by atoms with Crippen molar-refractivity contribution in [3.63, 3.8) is 0 Å². The lowest BCUT2D eigenvalue weighted by Crippen LogP contribution is -2.41. The molecule has 104 valence electrons. The highest BCUT2D eigenvalue weighted by Gasteiger charge is 2.22. The smallest absolute Gasteiger partial charge is 0.179 e. The molecule has 1 aromatic heterocycles. The minimum atomic E-state index is -0.231. The van der Waals surface area contributed by atoms with Crippen molar-refractivity contribution in [2.75, 3.05) is 13.2 Å². The van der Waals surface area contributed by atoms with Crippen molar-refractivity contribution in [1.82, 2.24) is 10.3 Å². The first-order chi connectivity index (χ1) is 9.33. The first kappa shape index (κ1) is 12.7. The fourth-order valence-electron chi connectivity index (χ4n) is 2.67. The summed E-state index contributed by atoms with van der Waals surface area (Å²) in [6, 6.07) is 2.10. The Bertz CT molecular complexity index is 439. The summed E-state index contributed by atoms with van der Waals surface area (Å²) >= 11 is 0. The molecule has 1 aliphatic carbocycles. The lowest BCUT2D eigenvalue weighted by molar-refractivity contribution is 0.0900. The van der Waals surface area contributed by atoms with Crippen LogP contribution >= 0.6 is 0 Å². The molecule has 0 amide bonds. The second-order valence-corrected chi connectivity index (χ2v) is 5.16. The standard InChI is InChI=1S/C14H20N2O3/c17-12-4-2-1-3-11(12)16-8-10-7-13-14(9-15-10)19-6-5-18-13/h7,9,11-12,16-17H,1-6,8H2/t11-,12+/m1/s1. The quantitative estimate of drug-likeness (QED) is 0.860. The largest absolute Gasteiger partial charge is 0.486 e. The van der Waals surface area contributed by atoms with Gasteiger partial charge in [0.2, 0.25) is 0 Å². The average Bonchev–Trinajstić information content (AvgIpc) is 2.46. The van der Waals surface area contributed by atoms with Crippen LogP contribution in [0.5, 0.6) is 11.5 Å². The van der Waals surface area contributed by atoms with Gasteiger partial charge >= 0.3 is 0 Å². The fourth-order valence-corrected chi connectivity index (χ4v) is 2.67. The Hall–Kier alpha value is -1.33. The van der Waals surface area contributed by atoms with Gasteiger partial charge in [-0.05, 0) is 12.8 Å². The van der Waals surface area contributed by atoms with Crippen LogP contribution < -0.4 is 14.8 Å². The van der Waals surface area contributed by atoms with Crippen LogP contribution in [0.4, 0.5) is 0 Å². The van der Waals surface area contributed by atoms with Crippen LogP contribution in [-0.4, -0.2) is 35.5 Å². The van der Waals surface area contributed by atoms with Gasteiger partial charge in [-0.2, -0.15) is 0 Å². The van der Waals surface area contributed by atoms with Crippen molar-refractivity contribution in [3.8, 4) is 11.5 Å². The molecule has 0 aromatic carbocycles. The maximum Gasteiger partial charge on any atom is 0.179 e. The van der Waals surface area contributed by atoms with Gasteiger partial charge in [-0.25, -0.2) is 0 Å². The number of aliphatic hydroxyl groups is 1. The molecule has 0 spiro atoms. The summed E-state index contributed by atoms with van der Waals surface area (Å²) in [4.78, 5) is 4.35. The Labute approximate surface area is 112 Å². The highest BCUT2D eigenvalue weighted by molar-refractivity contribution is 5.39. The molecule has 2 atom stereocenters. The minimum absolute atomic E-state index is 0.184. The van der Waals surface area contributed by atoms with Gasteiger partial charge in [0.1, 0.15) is 13.2 Å². The monoisotopic (exact) mass is 264 g/mol. The maximum atomic E-state index is 9.91. The summed E-state index contributed by atoms with van der Waals surface area (Å²) in [7, 11) is 0. The van der Waals surface area contributed by atoms with Crippen LogP contribution in [0.15, 0.2) is 12.3 Å². The molecule has 0 saturated heterocycles. The molecule has 1 fully saturated rings. The first-order valence-corrected chi connectivity index (χ1v) is 6.99. The fraction of sp³-hybridized carbons (Fsp3) is 0.643. The van der Waals surface area contributed by atoms with Gasteiger partial charge in [0.25, 0.3) is 0 Å². The Kier molecular flexibility index (Phi) is 3.84. The first-order valence-electron chi connectivity index (χ1n) is 6.99. The van der Waals surface area contributed by atoms with Crippen LogP contribution in [0.3, 0.4) is 0 Å². The zero-order valence-corrected chi connectivity index (χ0v) is 11.0. The molecule has 5 nitrogen and oxygen atoms in total. The van der Waals surface area contributed by atoms with Gasteiger partial charge in [-0.1, -0.05) is 12.8 Å². The van der Waals surface area contributed by atoms with E-state index in [4.69, 9.17) is 9.47 Å². The van der Waals surface area contributed by atoms with Gasteiger partial charge in [0, 0.05) is 18.7 Å². The third-order valence-electron chi connectivity index (χ3n) is 3.76. The molecule has 0 unspecified atom stereocenters. The van der Waals surface area contributed by atoms with Crippen molar-refractivity contribution < 1.29 is 14.6 Å². The van der Waals surface area contributed by atoms with E-state index in [9.17, 15) is 5.11 Å². The second-order valence-electron chi connectivity index (χ2n) is 5.16. The lowest BCUT2D eigenvalue weighted by Gasteiger charge is -2.28. The molecule has 0 bridgehead atoms. The number of fused-ring (bicyclic) bond motifs is 1. The zero-order chi connectivity index (χ0) is 13.1. The van der Waals surface area contributed by atoms with E-state index in [-0.39, 0.29) is 12.1 Å². The van der Waals surface area contributed by atoms with Gasteiger partial charge in [0.15, 0.2) is 11.5 Å². The SMILES string of the molecule is O[C@H]1CCCC[C@H]1NCc1cc2c(cn1)OCCO2. The number of nitrogens with zero attached hydrogens (tertiary/aromatic N) is 1. The van der Waals surface area contributed by atoms with Crippen molar-refractivity contribution in [3.05, 3.63) is 18.0 Å². The topological polar surface area (TPSA) is 63.6 Å². The molecular formula is C14H20N2O3. The number of aromatic nitrogens is 1. The number of hydrogen-bond donors (Lipinski definition) is 2. The molecule has 19 heavy (non-hydrogen) atoms. The number of ether oxygens (including phenoxy) is 2. The Balaban J connectivity index is 1.60. The normalized spacial score (nSPS) is 26.2. The number of aliphatic hydroxyl groups excluding tert-OH is 1. The van der Waals surface area contributed by atoms with Crippen molar-refractivity contribution in [2.24, 2.45) is 0 Å². The summed E-state index contributed by atoms with van der Waals surface area (Å²) in [6.07, 6.45) is 5.72. The second kappa shape index (κ2) is 5.75. The predicted molar refractivity (Wildman–Crippen MR) is 70.3 cm³/mol. The Morgan fingerprint density at radius 3 is 2.84 bits per heavy atom. The third-order valence-corrected chi connectivity index (χ3v) is 3.76. The molecule has 2 aliphatic rings. The zero-order valence-electron chi connectivity index (χ0n) is 11.0. The molecule has 2 heterocycles. The molecule has 5 heteroatoms. The number of nitrogens with one attached hydrogen (secondary N) is 1. The van der Waals surface area contributed by atoms with Gasteiger partial charge in [-0.15, -0.1) is 0 Å². The third kappa shape index (κ3) is 2.98. The van der Waals surface area contributed by atoms with E-state index in [2.05, 4.69) is 10.3 Å². The summed E-state index contributed by atoms with van der Waals surface area (Å²) in [5.41, 5.74) is 0.919. The van der Waals surface area contributed by atoms with Crippen molar-refractivity contribution in [1.29, 1.82) is 0 Å². The number of hydrogen-bond acceptors (Lipinski definition) is 5. The molecular weight excluding hydrogens is 244 g/mol. The van der Waals surface area contributed by atoms with Gasteiger partial charge in [-0.3, -0.25) is 4.98 Å². The summed E-state index contributed by atoms with van der Waals surface area (Å²) in [5, 5.41) is 13.3. The molecule has 3 rings (SSSR count). The molecule has 1 aliphatic heterocycles. The summed E-state index contributed by atoms with van der Waals surface area (Å²) < 4.78 is 11.0.